The van der Waals surface area contributed by atoms with Gasteiger partial charge in [0, 0.05) is 12.6 Å². The fourth-order valence-electron chi connectivity index (χ4n) is 0.666. The third-order valence-electron chi connectivity index (χ3n) is 1.50. The standard InChI is InChI=1S/C7H18N2O2/c1-3-6(8)7(11)9-4-5(2)10/h5-7,9-11H,3-4,8H2,1-2H3. The zero-order chi connectivity index (χ0) is 8.85. The highest BCUT2D eigenvalue weighted by Crippen LogP contribution is 1.91. The quantitative estimate of drug-likeness (QED) is 0.391. The first-order valence-electron chi connectivity index (χ1n) is 3.93. The molecule has 11 heavy (non-hydrogen) atoms. The van der Waals surface area contributed by atoms with Gasteiger partial charge in [0.25, 0.3) is 0 Å². The van der Waals surface area contributed by atoms with E-state index in [4.69, 9.17) is 10.8 Å². The summed E-state index contributed by atoms with van der Waals surface area (Å²) < 4.78 is 0. The van der Waals surface area contributed by atoms with Crippen LogP contribution in [-0.2, 0) is 0 Å². The molecule has 0 aromatic rings. The van der Waals surface area contributed by atoms with Gasteiger partial charge < -0.3 is 15.9 Å². The van der Waals surface area contributed by atoms with Crippen molar-refractivity contribution in [3.63, 3.8) is 0 Å². The van der Waals surface area contributed by atoms with Crippen molar-refractivity contribution in [2.24, 2.45) is 5.73 Å². The Labute approximate surface area is 67.4 Å². The molecule has 0 aromatic heterocycles. The largest absolute Gasteiger partial charge is 0.392 e. The fraction of sp³-hybridized carbons (Fsp3) is 1.00. The van der Waals surface area contributed by atoms with Gasteiger partial charge in [-0.1, -0.05) is 6.92 Å². The molecule has 0 heterocycles. The van der Waals surface area contributed by atoms with Crippen LogP contribution in [0.3, 0.4) is 0 Å². The SMILES string of the molecule is CCC(N)C(O)NCC(C)O. The fourth-order valence-corrected chi connectivity index (χ4v) is 0.666. The van der Waals surface area contributed by atoms with Crippen LogP contribution in [0.4, 0.5) is 0 Å². The van der Waals surface area contributed by atoms with Crippen LogP contribution in [0.2, 0.25) is 0 Å². The molecule has 68 valence electrons. The van der Waals surface area contributed by atoms with Crippen LogP contribution in [0.15, 0.2) is 0 Å². The molecular formula is C7H18N2O2. The van der Waals surface area contributed by atoms with E-state index in [1.165, 1.54) is 0 Å². The molecule has 0 rings (SSSR count). The first kappa shape index (κ1) is 10.8. The van der Waals surface area contributed by atoms with Crippen molar-refractivity contribution in [2.45, 2.75) is 38.6 Å². The smallest absolute Gasteiger partial charge is 0.120 e. The normalized spacial score (nSPS) is 19.4. The highest BCUT2D eigenvalue weighted by molar-refractivity contribution is 4.68. The number of nitrogens with two attached hydrogens (primary N) is 1. The van der Waals surface area contributed by atoms with Crippen molar-refractivity contribution in [2.75, 3.05) is 6.54 Å². The molecule has 0 bridgehead atoms. The zero-order valence-corrected chi connectivity index (χ0v) is 7.12. The monoisotopic (exact) mass is 162 g/mol. The average Bonchev–Trinajstić information content (AvgIpc) is 1.98. The van der Waals surface area contributed by atoms with E-state index >= 15 is 0 Å². The summed E-state index contributed by atoms with van der Waals surface area (Å²) in [6.45, 7) is 3.92. The van der Waals surface area contributed by atoms with Crippen LogP contribution in [0.5, 0.6) is 0 Å². The molecule has 5 N–H and O–H groups in total. The number of hydrogen-bond donors (Lipinski definition) is 4. The van der Waals surface area contributed by atoms with Gasteiger partial charge in [0.15, 0.2) is 0 Å². The number of rotatable bonds is 5. The van der Waals surface area contributed by atoms with E-state index in [0.29, 0.717) is 13.0 Å². The molecule has 4 nitrogen and oxygen atoms in total. The van der Waals surface area contributed by atoms with Gasteiger partial charge in [0.05, 0.1) is 6.10 Å². The molecule has 0 aromatic carbocycles. The maximum Gasteiger partial charge on any atom is 0.120 e. The Morgan fingerprint density at radius 2 is 2.00 bits per heavy atom. The highest BCUT2D eigenvalue weighted by atomic mass is 16.3. The Bertz CT molecular complexity index is 98.4. The Kier molecular flexibility index (Phi) is 5.41. The molecule has 0 amide bonds. The maximum atomic E-state index is 9.22. The molecule has 3 unspecified atom stereocenters. The van der Waals surface area contributed by atoms with Gasteiger partial charge in [-0.05, 0) is 13.3 Å². The number of hydrogen-bond acceptors (Lipinski definition) is 4. The number of nitrogens with one attached hydrogen (secondary N) is 1. The minimum atomic E-state index is -0.713. The van der Waals surface area contributed by atoms with E-state index in [-0.39, 0.29) is 6.04 Å². The summed E-state index contributed by atoms with van der Waals surface area (Å²) in [5.74, 6) is 0. The van der Waals surface area contributed by atoms with E-state index in [0.717, 1.165) is 0 Å². The lowest BCUT2D eigenvalue weighted by Gasteiger charge is -2.19. The second kappa shape index (κ2) is 5.49. The lowest BCUT2D eigenvalue weighted by molar-refractivity contribution is 0.0863. The van der Waals surface area contributed by atoms with Gasteiger partial charge in [-0.25, -0.2) is 0 Å². The van der Waals surface area contributed by atoms with E-state index in [9.17, 15) is 5.11 Å². The maximum absolute atomic E-state index is 9.22. The molecule has 3 atom stereocenters. The van der Waals surface area contributed by atoms with Gasteiger partial charge in [0.2, 0.25) is 0 Å². The minimum absolute atomic E-state index is 0.256. The van der Waals surface area contributed by atoms with Crippen molar-refractivity contribution < 1.29 is 10.2 Å². The van der Waals surface area contributed by atoms with Crippen molar-refractivity contribution in [1.82, 2.24) is 5.32 Å². The summed E-state index contributed by atoms with van der Waals surface area (Å²) in [7, 11) is 0. The molecule has 4 heteroatoms. The zero-order valence-electron chi connectivity index (χ0n) is 7.12. The molecule has 0 saturated heterocycles. The Morgan fingerprint density at radius 3 is 2.36 bits per heavy atom. The highest BCUT2D eigenvalue weighted by Gasteiger charge is 2.11. The summed E-state index contributed by atoms with van der Waals surface area (Å²) in [6, 6.07) is -0.256. The number of aliphatic hydroxyl groups excluding tert-OH is 2. The van der Waals surface area contributed by atoms with Gasteiger partial charge in [-0.15, -0.1) is 0 Å². The molecule has 0 aliphatic carbocycles. The second-order valence-corrected chi connectivity index (χ2v) is 2.77. The molecule has 0 aliphatic rings. The third-order valence-corrected chi connectivity index (χ3v) is 1.50. The van der Waals surface area contributed by atoms with Crippen molar-refractivity contribution in [3.8, 4) is 0 Å². The van der Waals surface area contributed by atoms with E-state index < -0.39 is 12.3 Å². The van der Waals surface area contributed by atoms with Crippen LogP contribution in [0, 0.1) is 0 Å². The molecular weight excluding hydrogens is 144 g/mol. The lowest BCUT2D eigenvalue weighted by Crippen LogP contribution is -2.46. The lowest BCUT2D eigenvalue weighted by atomic mass is 10.2. The van der Waals surface area contributed by atoms with Crippen molar-refractivity contribution in [3.05, 3.63) is 0 Å². The van der Waals surface area contributed by atoms with Crippen molar-refractivity contribution >= 4 is 0 Å². The molecule has 0 radical (unpaired) electrons. The first-order valence-corrected chi connectivity index (χ1v) is 3.93. The molecule has 0 saturated carbocycles. The molecule has 0 aliphatic heterocycles. The second-order valence-electron chi connectivity index (χ2n) is 2.77. The Balaban J connectivity index is 3.43. The first-order chi connectivity index (χ1) is 5.07. The summed E-state index contributed by atoms with van der Waals surface area (Å²) in [5, 5.41) is 20.8. The van der Waals surface area contributed by atoms with Crippen LogP contribution in [0.1, 0.15) is 20.3 Å². The Hall–Kier alpha value is -0.160. The van der Waals surface area contributed by atoms with E-state index in [1.807, 2.05) is 6.92 Å². The summed E-state index contributed by atoms with van der Waals surface area (Å²) in [5.41, 5.74) is 5.51. The van der Waals surface area contributed by atoms with E-state index in [1.54, 1.807) is 6.92 Å². The van der Waals surface area contributed by atoms with Gasteiger partial charge in [-0.3, -0.25) is 5.32 Å². The van der Waals surface area contributed by atoms with Crippen LogP contribution >= 0.6 is 0 Å². The van der Waals surface area contributed by atoms with E-state index in [2.05, 4.69) is 5.32 Å². The summed E-state index contributed by atoms with van der Waals surface area (Å²) >= 11 is 0. The minimum Gasteiger partial charge on any atom is -0.392 e. The summed E-state index contributed by atoms with van der Waals surface area (Å²) in [4.78, 5) is 0. The molecule has 0 fully saturated rings. The van der Waals surface area contributed by atoms with Gasteiger partial charge in [-0.2, -0.15) is 0 Å². The van der Waals surface area contributed by atoms with Gasteiger partial charge in [0.1, 0.15) is 6.23 Å². The van der Waals surface area contributed by atoms with Crippen LogP contribution in [-0.4, -0.2) is 35.1 Å². The summed E-state index contributed by atoms with van der Waals surface area (Å²) in [6.07, 6.45) is -0.447. The third kappa shape index (κ3) is 5.15. The topological polar surface area (TPSA) is 78.5 Å². The van der Waals surface area contributed by atoms with Crippen LogP contribution in [0.25, 0.3) is 0 Å². The number of aliphatic hydroxyl groups is 2. The van der Waals surface area contributed by atoms with Crippen molar-refractivity contribution in [1.29, 1.82) is 0 Å². The predicted molar refractivity (Wildman–Crippen MR) is 44.0 cm³/mol. The Morgan fingerprint density at radius 1 is 1.45 bits per heavy atom. The van der Waals surface area contributed by atoms with Crippen LogP contribution < -0.4 is 11.1 Å². The van der Waals surface area contributed by atoms with Gasteiger partial charge >= 0.3 is 0 Å². The predicted octanol–water partition coefficient (Wildman–Crippen LogP) is -0.987. The average molecular weight is 162 g/mol. The molecule has 0 spiro atoms.